The molecule has 32 heavy (non-hydrogen) atoms. The Labute approximate surface area is 181 Å². The summed E-state index contributed by atoms with van der Waals surface area (Å²) >= 11 is 0. The molecule has 0 fully saturated rings. The summed E-state index contributed by atoms with van der Waals surface area (Å²) in [4.78, 5) is 21.9. The maximum atomic E-state index is 15.6. The molecule has 2 N–H and O–H groups in total. The number of fused-ring (bicyclic) bond motifs is 2. The number of aryl methyl sites for hydroxylation is 1. The van der Waals surface area contributed by atoms with Gasteiger partial charge < -0.3 is 15.2 Å². The molecule has 3 heterocycles. The highest BCUT2D eigenvalue weighted by molar-refractivity contribution is 6.03. The highest BCUT2D eigenvalue weighted by Gasteiger charge is 2.46. The summed E-state index contributed by atoms with van der Waals surface area (Å²) in [5, 5.41) is 0.510. The predicted molar refractivity (Wildman–Crippen MR) is 115 cm³/mol. The van der Waals surface area contributed by atoms with Crippen LogP contribution in [0.2, 0.25) is 0 Å². The molecule has 0 aliphatic carbocycles. The molecule has 0 saturated carbocycles. The molecule has 5 rings (SSSR count). The first-order chi connectivity index (χ1) is 15.3. The van der Waals surface area contributed by atoms with Crippen LogP contribution >= 0.6 is 0 Å². The number of hydrogen-bond acceptors (Lipinski definition) is 4. The fourth-order valence-corrected chi connectivity index (χ4v) is 4.24. The average molecular weight is 437 g/mol. The van der Waals surface area contributed by atoms with E-state index in [-0.39, 0.29) is 35.6 Å². The Morgan fingerprint density at radius 1 is 1.09 bits per heavy atom. The molecule has 9 heteroatoms. The maximum absolute atomic E-state index is 15.6. The van der Waals surface area contributed by atoms with Gasteiger partial charge in [0.15, 0.2) is 0 Å². The van der Waals surface area contributed by atoms with Crippen LogP contribution in [0.1, 0.15) is 11.1 Å². The average Bonchev–Trinajstić information content (AvgIpc) is 3.37. The lowest BCUT2D eigenvalue weighted by atomic mass is 10.0. The first-order valence-electron chi connectivity index (χ1n) is 9.93. The zero-order chi connectivity index (χ0) is 22.6. The predicted octanol–water partition coefficient (Wildman–Crippen LogP) is 4.04. The zero-order valence-corrected chi connectivity index (χ0v) is 17.0. The molecule has 6 nitrogen and oxygen atoms in total. The van der Waals surface area contributed by atoms with Gasteiger partial charge in [0.25, 0.3) is 0 Å². The van der Waals surface area contributed by atoms with Crippen molar-refractivity contribution in [2.45, 2.75) is 12.3 Å². The fourth-order valence-electron chi connectivity index (χ4n) is 4.24. The molecule has 0 bridgehead atoms. The van der Waals surface area contributed by atoms with E-state index in [9.17, 15) is 13.6 Å². The minimum atomic E-state index is -3.72. The summed E-state index contributed by atoms with van der Waals surface area (Å²) < 4.78 is 47.0. The van der Waals surface area contributed by atoms with Crippen LogP contribution in [0.5, 0.6) is 0 Å². The van der Waals surface area contributed by atoms with Crippen molar-refractivity contribution in [1.29, 1.82) is 0 Å². The molecule has 0 saturated heterocycles. The third-order valence-electron chi connectivity index (χ3n) is 5.82. The van der Waals surface area contributed by atoms with Crippen molar-refractivity contribution in [1.82, 2.24) is 14.5 Å². The van der Waals surface area contributed by atoms with E-state index in [0.717, 1.165) is 4.90 Å². The number of halogens is 3. The van der Waals surface area contributed by atoms with Crippen molar-refractivity contribution in [2.24, 2.45) is 7.05 Å². The molecule has 0 unspecified atom stereocenters. The number of anilines is 2. The van der Waals surface area contributed by atoms with E-state index in [2.05, 4.69) is 9.97 Å². The topological polar surface area (TPSA) is 77.0 Å². The van der Waals surface area contributed by atoms with Gasteiger partial charge in [-0.2, -0.15) is 8.78 Å². The van der Waals surface area contributed by atoms with Gasteiger partial charge >= 0.3 is 11.8 Å². The van der Waals surface area contributed by atoms with Crippen molar-refractivity contribution >= 4 is 28.4 Å². The van der Waals surface area contributed by atoms with Crippen LogP contribution in [0.3, 0.4) is 0 Å². The number of benzene rings is 2. The van der Waals surface area contributed by atoms with Crippen molar-refractivity contribution < 1.29 is 18.0 Å². The number of carbonyl (C=O) groups is 1. The molecule has 0 atom stereocenters. The van der Waals surface area contributed by atoms with Crippen LogP contribution in [-0.4, -0.2) is 27.0 Å². The minimum absolute atomic E-state index is 0.0300. The molecular formula is C23H18F3N5O. The number of amides is 1. The maximum Gasteiger partial charge on any atom is 0.350 e. The van der Waals surface area contributed by atoms with Gasteiger partial charge in [-0.25, -0.2) is 14.4 Å². The van der Waals surface area contributed by atoms with Gasteiger partial charge in [-0.05, 0) is 18.6 Å². The summed E-state index contributed by atoms with van der Waals surface area (Å²) in [7, 11) is 1.76. The fraction of sp³-hybridized carbons (Fsp3) is 0.174. The van der Waals surface area contributed by atoms with E-state index >= 15 is 4.39 Å². The van der Waals surface area contributed by atoms with E-state index in [1.54, 1.807) is 23.9 Å². The van der Waals surface area contributed by atoms with Crippen LogP contribution in [0.4, 0.5) is 24.7 Å². The zero-order valence-electron chi connectivity index (χ0n) is 17.0. The summed E-state index contributed by atoms with van der Waals surface area (Å²) in [5.74, 6) is -5.46. The molecule has 2 aromatic carbocycles. The SMILES string of the molecule is Cn1cc(-c2ccc3c(c2F)CCN3C(=O)C(F)(F)c2ccccc2)c2c(N)ncnc21. The first-order valence-corrected chi connectivity index (χ1v) is 9.93. The summed E-state index contributed by atoms with van der Waals surface area (Å²) in [5.41, 5.74) is 7.27. The van der Waals surface area contributed by atoms with Crippen molar-refractivity contribution in [3.05, 3.63) is 71.9 Å². The Hall–Kier alpha value is -3.88. The third kappa shape index (κ3) is 2.84. The molecule has 4 aromatic rings. The lowest BCUT2D eigenvalue weighted by Crippen LogP contribution is -2.41. The number of nitrogen functional groups attached to an aromatic ring is 1. The highest BCUT2D eigenvalue weighted by atomic mass is 19.3. The normalized spacial score (nSPS) is 13.6. The molecule has 0 spiro atoms. The smallest absolute Gasteiger partial charge is 0.350 e. The Morgan fingerprint density at radius 3 is 2.59 bits per heavy atom. The van der Waals surface area contributed by atoms with Gasteiger partial charge in [0, 0.05) is 42.0 Å². The second kappa shape index (κ2) is 7.08. The number of aromatic nitrogens is 3. The third-order valence-corrected chi connectivity index (χ3v) is 5.82. The molecule has 2 aromatic heterocycles. The Balaban J connectivity index is 1.57. The van der Waals surface area contributed by atoms with E-state index in [0.29, 0.717) is 16.6 Å². The van der Waals surface area contributed by atoms with E-state index in [1.807, 2.05) is 0 Å². The van der Waals surface area contributed by atoms with Gasteiger partial charge in [0.2, 0.25) is 0 Å². The second-order valence-electron chi connectivity index (χ2n) is 7.68. The molecule has 0 radical (unpaired) electrons. The molecule has 1 aliphatic heterocycles. The largest absolute Gasteiger partial charge is 0.383 e. The van der Waals surface area contributed by atoms with Crippen molar-refractivity contribution in [3.8, 4) is 11.1 Å². The lowest BCUT2D eigenvalue weighted by Gasteiger charge is -2.24. The second-order valence-corrected chi connectivity index (χ2v) is 7.68. The van der Waals surface area contributed by atoms with Crippen LogP contribution in [0.15, 0.2) is 55.0 Å². The van der Waals surface area contributed by atoms with Gasteiger partial charge in [-0.3, -0.25) is 4.79 Å². The lowest BCUT2D eigenvalue weighted by molar-refractivity contribution is -0.143. The van der Waals surface area contributed by atoms with Gasteiger partial charge in [-0.1, -0.05) is 30.3 Å². The monoisotopic (exact) mass is 437 g/mol. The Bertz CT molecular complexity index is 1370. The number of carbonyl (C=O) groups excluding carboxylic acids is 1. The standard InChI is InChI=1S/C23H18F3N5O/c1-30-11-16(18-20(27)28-12-29-21(18)30)14-7-8-17-15(19(14)24)9-10-31(17)22(32)23(25,26)13-5-3-2-4-6-13/h2-8,11-12H,9-10H2,1H3,(H2,27,28,29). The minimum Gasteiger partial charge on any atom is -0.383 e. The summed E-state index contributed by atoms with van der Waals surface area (Å²) in [6, 6.07) is 9.86. The highest BCUT2D eigenvalue weighted by Crippen LogP contribution is 2.41. The Morgan fingerprint density at radius 2 is 1.84 bits per heavy atom. The summed E-state index contributed by atoms with van der Waals surface area (Å²) in [6.07, 6.45) is 3.15. The summed E-state index contributed by atoms with van der Waals surface area (Å²) in [6.45, 7) is -0.0300. The van der Waals surface area contributed by atoms with Gasteiger partial charge in [0.1, 0.15) is 23.6 Å². The van der Waals surface area contributed by atoms with Crippen molar-refractivity contribution in [2.75, 3.05) is 17.2 Å². The molecular weight excluding hydrogens is 419 g/mol. The molecule has 1 amide bonds. The number of nitrogens with two attached hydrogens (primary N) is 1. The number of alkyl halides is 2. The molecule has 1 aliphatic rings. The number of nitrogens with zero attached hydrogens (tertiary/aromatic N) is 4. The van der Waals surface area contributed by atoms with Gasteiger partial charge in [0.05, 0.1) is 11.1 Å². The number of rotatable bonds is 3. The van der Waals surface area contributed by atoms with Crippen LogP contribution in [-0.2, 0) is 24.2 Å². The molecule has 162 valence electrons. The van der Waals surface area contributed by atoms with Crippen LogP contribution in [0, 0.1) is 5.82 Å². The van der Waals surface area contributed by atoms with Crippen LogP contribution in [0.25, 0.3) is 22.2 Å². The number of hydrogen-bond donors (Lipinski definition) is 1. The van der Waals surface area contributed by atoms with E-state index in [1.165, 1.54) is 42.7 Å². The Kier molecular flexibility index (Phi) is 4.44. The van der Waals surface area contributed by atoms with E-state index < -0.39 is 23.2 Å². The first kappa shape index (κ1) is 20.0. The van der Waals surface area contributed by atoms with Gasteiger partial charge in [-0.15, -0.1) is 0 Å². The van der Waals surface area contributed by atoms with E-state index in [4.69, 9.17) is 5.73 Å². The quantitative estimate of drug-likeness (QED) is 0.525. The van der Waals surface area contributed by atoms with Crippen LogP contribution < -0.4 is 10.6 Å². The van der Waals surface area contributed by atoms with Crippen molar-refractivity contribution in [3.63, 3.8) is 0 Å².